The molecule has 1 aliphatic heterocycles. The number of carbonyl (C=O) groups excluding carboxylic acids is 2. The van der Waals surface area contributed by atoms with Gasteiger partial charge in [0.25, 0.3) is 5.91 Å². The number of halogens is 1. The van der Waals surface area contributed by atoms with Crippen LogP contribution >= 0.6 is 0 Å². The minimum Gasteiger partial charge on any atom is -0.369 e. The Hall–Kier alpha value is -2.77. The number of carbonyl (C=O) groups is 2. The molecule has 2 heterocycles. The van der Waals surface area contributed by atoms with Crippen LogP contribution in [0.15, 0.2) is 30.5 Å². The third-order valence-electron chi connectivity index (χ3n) is 4.16. The lowest BCUT2D eigenvalue weighted by molar-refractivity contribution is -0.123. The molecule has 1 aliphatic rings. The fourth-order valence-electron chi connectivity index (χ4n) is 2.83. The second-order valence-electron chi connectivity index (χ2n) is 5.89. The van der Waals surface area contributed by atoms with Gasteiger partial charge in [-0.1, -0.05) is 23.4 Å². The monoisotopic (exact) mass is 331 g/mol. The van der Waals surface area contributed by atoms with Crippen LogP contribution in [0.2, 0.25) is 0 Å². The molecule has 126 valence electrons. The topological polar surface area (TPSA) is 94.1 Å². The Morgan fingerprint density at radius 3 is 2.88 bits per heavy atom. The van der Waals surface area contributed by atoms with Gasteiger partial charge >= 0.3 is 0 Å². The van der Waals surface area contributed by atoms with E-state index >= 15 is 0 Å². The van der Waals surface area contributed by atoms with E-state index in [1.807, 2.05) is 0 Å². The smallest absolute Gasteiger partial charge is 0.276 e. The second-order valence-corrected chi connectivity index (χ2v) is 5.89. The van der Waals surface area contributed by atoms with E-state index in [1.54, 1.807) is 23.1 Å². The molecule has 0 aliphatic carbocycles. The highest BCUT2D eigenvalue weighted by molar-refractivity contribution is 5.92. The molecule has 1 aromatic carbocycles. The quantitative estimate of drug-likeness (QED) is 0.897. The van der Waals surface area contributed by atoms with Crippen molar-refractivity contribution < 1.29 is 14.0 Å². The van der Waals surface area contributed by atoms with E-state index in [4.69, 9.17) is 5.73 Å². The molecular formula is C16H18FN5O2. The molecule has 3 rings (SSSR count). The lowest BCUT2D eigenvalue weighted by atomic mass is 9.97. The van der Waals surface area contributed by atoms with Crippen LogP contribution in [-0.2, 0) is 11.3 Å². The molecule has 0 spiro atoms. The maximum Gasteiger partial charge on any atom is 0.276 e. The molecule has 1 saturated heterocycles. The van der Waals surface area contributed by atoms with Crippen molar-refractivity contribution in [3.63, 3.8) is 0 Å². The number of benzene rings is 1. The number of nitrogens with two attached hydrogens (primary N) is 1. The summed E-state index contributed by atoms with van der Waals surface area (Å²) in [6.45, 7) is 1.05. The molecule has 0 radical (unpaired) electrons. The van der Waals surface area contributed by atoms with Crippen LogP contribution < -0.4 is 5.73 Å². The van der Waals surface area contributed by atoms with E-state index in [0.717, 1.165) is 6.42 Å². The lowest BCUT2D eigenvalue weighted by Gasteiger charge is -2.30. The summed E-state index contributed by atoms with van der Waals surface area (Å²) in [6, 6.07) is 6.37. The number of nitrogens with zero attached hydrogens (tertiary/aromatic N) is 4. The van der Waals surface area contributed by atoms with Crippen LogP contribution in [0.4, 0.5) is 4.39 Å². The molecule has 2 aromatic rings. The van der Waals surface area contributed by atoms with Gasteiger partial charge < -0.3 is 10.6 Å². The normalized spacial score (nSPS) is 17.7. The van der Waals surface area contributed by atoms with Gasteiger partial charge in [0.1, 0.15) is 5.82 Å². The summed E-state index contributed by atoms with van der Waals surface area (Å²) >= 11 is 0. The van der Waals surface area contributed by atoms with Crippen molar-refractivity contribution in [3.8, 4) is 0 Å². The number of hydrogen-bond acceptors (Lipinski definition) is 4. The average molecular weight is 331 g/mol. The minimum absolute atomic E-state index is 0.177. The number of likely N-dealkylation sites (tertiary alicyclic amines) is 1. The molecular weight excluding hydrogens is 313 g/mol. The van der Waals surface area contributed by atoms with E-state index in [-0.39, 0.29) is 29.9 Å². The Bertz CT molecular complexity index is 760. The first kappa shape index (κ1) is 16.1. The van der Waals surface area contributed by atoms with E-state index in [0.29, 0.717) is 25.1 Å². The molecule has 0 saturated carbocycles. The van der Waals surface area contributed by atoms with Crippen LogP contribution in [0, 0.1) is 11.7 Å². The summed E-state index contributed by atoms with van der Waals surface area (Å²) in [4.78, 5) is 25.4. The maximum atomic E-state index is 13.7. The highest BCUT2D eigenvalue weighted by atomic mass is 19.1. The minimum atomic E-state index is -0.393. The zero-order valence-electron chi connectivity index (χ0n) is 13.1. The zero-order valence-corrected chi connectivity index (χ0v) is 13.1. The Kier molecular flexibility index (Phi) is 4.54. The van der Waals surface area contributed by atoms with Gasteiger partial charge in [0.05, 0.1) is 18.7 Å². The van der Waals surface area contributed by atoms with Crippen molar-refractivity contribution in [3.05, 3.63) is 47.5 Å². The summed E-state index contributed by atoms with van der Waals surface area (Å²) in [7, 11) is 0. The second kappa shape index (κ2) is 6.77. The van der Waals surface area contributed by atoms with E-state index in [2.05, 4.69) is 10.3 Å². The molecule has 1 atom stereocenters. The number of primary amides is 1. The van der Waals surface area contributed by atoms with Gasteiger partial charge in [0, 0.05) is 18.7 Å². The molecule has 0 unspecified atom stereocenters. The fraction of sp³-hybridized carbons (Fsp3) is 0.375. The Labute approximate surface area is 138 Å². The lowest BCUT2D eigenvalue weighted by Crippen LogP contribution is -2.44. The summed E-state index contributed by atoms with van der Waals surface area (Å²) in [6.07, 6.45) is 2.91. The van der Waals surface area contributed by atoms with Crippen LogP contribution in [0.5, 0.6) is 0 Å². The first-order chi connectivity index (χ1) is 11.5. The SMILES string of the molecule is NC(=O)[C@H]1CCCN(C(=O)c2cn(Cc3ccccc3F)nn2)C1. The number of hydrogen-bond donors (Lipinski definition) is 1. The molecule has 7 nitrogen and oxygen atoms in total. The van der Waals surface area contributed by atoms with Gasteiger partial charge in [-0.05, 0) is 18.9 Å². The Morgan fingerprint density at radius 2 is 2.12 bits per heavy atom. The first-order valence-electron chi connectivity index (χ1n) is 7.76. The van der Waals surface area contributed by atoms with E-state index in [1.165, 1.54) is 16.9 Å². The van der Waals surface area contributed by atoms with Crippen LogP contribution in [0.25, 0.3) is 0 Å². The van der Waals surface area contributed by atoms with Gasteiger partial charge in [0.15, 0.2) is 5.69 Å². The predicted octanol–water partition coefficient (Wildman–Crippen LogP) is 0.803. The van der Waals surface area contributed by atoms with Crippen LogP contribution in [-0.4, -0.2) is 44.8 Å². The summed E-state index contributed by atoms with van der Waals surface area (Å²) in [5, 5.41) is 7.75. The summed E-state index contributed by atoms with van der Waals surface area (Å²) < 4.78 is 15.1. The third kappa shape index (κ3) is 3.42. The molecule has 8 heteroatoms. The van der Waals surface area contributed by atoms with Crippen LogP contribution in [0.3, 0.4) is 0 Å². The van der Waals surface area contributed by atoms with Crippen molar-refractivity contribution in [2.24, 2.45) is 11.7 Å². The van der Waals surface area contributed by atoms with Gasteiger partial charge in [-0.3, -0.25) is 9.59 Å². The van der Waals surface area contributed by atoms with Gasteiger partial charge in [0.2, 0.25) is 5.91 Å². The van der Waals surface area contributed by atoms with Gasteiger partial charge in [-0.25, -0.2) is 9.07 Å². The maximum absolute atomic E-state index is 13.7. The van der Waals surface area contributed by atoms with Crippen molar-refractivity contribution in [2.45, 2.75) is 19.4 Å². The summed E-state index contributed by atoms with van der Waals surface area (Å²) in [5.41, 5.74) is 5.97. The molecule has 24 heavy (non-hydrogen) atoms. The number of aromatic nitrogens is 3. The Balaban J connectivity index is 1.70. The molecule has 1 fully saturated rings. The third-order valence-corrected chi connectivity index (χ3v) is 4.16. The summed E-state index contributed by atoms with van der Waals surface area (Å²) in [5.74, 6) is -1.34. The standard InChI is InChI=1S/C16H18FN5O2/c17-13-6-2-1-4-11(13)9-22-10-14(19-20-22)16(24)21-7-3-5-12(8-21)15(18)23/h1-2,4,6,10,12H,3,5,7-9H2,(H2,18,23)/t12-/m0/s1. The van der Waals surface area contributed by atoms with Crippen molar-refractivity contribution in [1.29, 1.82) is 0 Å². The molecule has 2 amide bonds. The predicted molar refractivity (Wildman–Crippen MR) is 83.3 cm³/mol. The van der Waals surface area contributed by atoms with Gasteiger partial charge in [-0.15, -0.1) is 5.10 Å². The largest absolute Gasteiger partial charge is 0.369 e. The molecule has 1 aromatic heterocycles. The molecule has 0 bridgehead atoms. The highest BCUT2D eigenvalue weighted by Crippen LogP contribution is 2.18. The number of amides is 2. The highest BCUT2D eigenvalue weighted by Gasteiger charge is 2.28. The molecule has 2 N–H and O–H groups in total. The van der Waals surface area contributed by atoms with Crippen LogP contribution in [0.1, 0.15) is 28.9 Å². The van der Waals surface area contributed by atoms with Crippen molar-refractivity contribution in [1.82, 2.24) is 19.9 Å². The number of piperidine rings is 1. The average Bonchev–Trinajstić information content (AvgIpc) is 3.05. The Morgan fingerprint density at radius 1 is 1.33 bits per heavy atom. The fourth-order valence-corrected chi connectivity index (χ4v) is 2.83. The van der Waals surface area contributed by atoms with Crippen molar-refractivity contribution in [2.75, 3.05) is 13.1 Å². The van der Waals surface area contributed by atoms with E-state index in [9.17, 15) is 14.0 Å². The van der Waals surface area contributed by atoms with E-state index < -0.39 is 5.91 Å². The van der Waals surface area contributed by atoms with Crippen molar-refractivity contribution >= 4 is 11.8 Å². The first-order valence-corrected chi connectivity index (χ1v) is 7.76. The number of rotatable bonds is 4. The zero-order chi connectivity index (χ0) is 17.1. The van der Waals surface area contributed by atoms with Gasteiger partial charge in [-0.2, -0.15) is 0 Å².